The summed E-state index contributed by atoms with van der Waals surface area (Å²) in [7, 11) is -2.20. The topological polar surface area (TPSA) is 57.7 Å². The van der Waals surface area contributed by atoms with Crippen molar-refractivity contribution in [2.24, 2.45) is 0 Å². The average molecular weight is 473 g/mol. The molecule has 1 fully saturated rings. The van der Waals surface area contributed by atoms with E-state index in [-0.39, 0.29) is 22.6 Å². The van der Waals surface area contributed by atoms with E-state index in [1.165, 1.54) is 40.5 Å². The largest absolute Gasteiger partial charge is 0.337 e. The lowest BCUT2D eigenvalue weighted by Crippen LogP contribution is -2.29. The van der Waals surface area contributed by atoms with Gasteiger partial charge in [0.1, 0.15) is 11.6 Å². The number of carbonyl (C=O) groups excluding carboxylic acids is 1. The number of amides is 1. The van der Waals surface area contributed by atoms with Crippen LogP contribution >= 0.6 is 15.9 Å². The van der Waals surface area contributed by atoms with Gasteiger partial charge < -0.3 is 4.90 Å². The van der Waals surface area contributed by atoms with Crippen molar-refractivity contribution in [3.63, 3.8) is 0 Å². The number of rotatable bonds is 5. The summed E-state index contributed by atoms with van der Waals surface area (Å²) in [6, 6.07) is 7.45. The van der Waals surface area contributed by atoms with E-state index < -0.39 is 27.6 Å². The van der Waals surface area contributed by atoms with Gasteiger partial charge >= 0.3 is 0 Å². The Kier molecular flexibility index (Phi) is 6.16. The molecular weight excluding hydrogens is 454 g/mol. The van der Waals surface area contributed by atoms with E-state index in [2.05, 4.69) is 15.9 Å². The molecule has 150 valence electrons. The van der Waals surface area contributed by atoms with Gasteiger partial charge in [-0.05, 0) is 53.0 Å². The Morgan fingerprint density at radius 3 is 2.46 bits per heavy atom. The second-order valence-corrected chi connectivity index (χ2v) is 9.44. The second-order valence-electron chi connectivity index (χ2n) is 6.65. The first-order chi connectivity index (χ1) is 13.2. The van der Waals surface area contributed by atoms with Crippen LogP contribution in [0.4, 0.5) is 8.78 Å². The van der Waals surface area contributed by atoms with Crippen molar-refractivity contribution in [1.29, 1.82) is 0 Å². The molecule has 3 rings (SSSR count). The monoisotopic (exact) mass is 472 g/mol. The molecule has 0 bridgehead atoms. The fraction of sp³-hybridized carbons (Fsp3) is 0.316. The molecule has 0 unspecified atom stereocenters. The Hall–Kier alpha value is -1.84. The Morgan fingerprint density at radius 2 is 1.82 bits per heavy atom. The van der Waals surface area contributed by atoms with Crippen LogP contribution in [0.25, 0.3) is 0 Å². The molecule has 5 nitrogen and oxygen atoms in total. The molecule has 28 heavy (non-hydrogen) atoms. The molecule has 2 aromatic carbocycles. The lowest BCUT2D eigenvalue weighted by atomic mass is 10.1. The minimum Gasteiger partial charge on any atom is -0.337 e. The second kappa shape index (κ2) is 8.26. The number of benzene rings is 2. The molecule has 0 aliphatic carbocycles. The Labute approximate surface area is 171 Å². The standard InChI is InChI=1S/C19H19BrF2N2O3S/c1-23(12-13-4-5-14(21)10-18(13)22)19(25)16-11-15(6-7-17(16)20)28(26,27)24-8-2-3-9-24/h4-7,10-11H,2-3,8-9,12H2,1H3. The number of nitrogens with zero attached hydrogens (tertiary/aromatic N) is 2. The van der Waals surface area contributed by atoms with Crippen molar-refractivity contribution in [2.45, 2.75) is 24.3 Å². The van der Waals surface area contributed by atoms with Crippen LogP contribution in [0.5, 0.6) is 0 Å². The van der Waals surface area contributed by atoms with E-state index in [9.17, 15) is 22.0 Å². The Morgan fingerprint density at radius 1 is 1.14 bits per heavy atom. The van der Waals surface area contributed by atoms with E-state index in [0.29, 0.717) is 17.6 Å². The molecule has 0 spiro atoms. The van der Waals surface area contributed by atoms with Crippen LogP contribution in [-0.4, -0.2) is 43.7 Å². The average Bonchev–Trinajstić information content (AvgIpc) is 3.19. The minimum atomic E-state index is -3.67. The van der Waals surface area contributed by atoms with Gasteiger partial charge in [0.25, 0.3) is 5.91 Å². The third kappa shape index (κ3) is 4.26. The third-order valence-electron chi connectivity index (χ3n) is 4.64. The summed E-state index contributed by atoms with van der Waals surface area (Å²) in [5, 5.41) is 0. The maximum Gasteiger partial charge on any atom is 0.255 e. The molecule has 1 aliphatic heterocycles. The van der Waals surface area contributed by atoms with Crippen LogP contribution in [0.15, 0.2) is 45.8 Å². The van der Waals surface area contributed by atoms with E-state index in [1.54, 1.807) is 0 Å². The summed E-state index contributed by atoms with van der Waals surface area (Å²) in [4.78, 5) is 14.1. The van der Waals surface area contributed by atoms with Gasteiger partial charge in [-0.2, -0.15) is 4.31 Å². The molecule has 1 amide bonds. The van der Waals surface area contributed by atoms with Crippen LogP contribution < -0.4 is 0 Å². The molecule has 0 aromatic heterocycles. The van der Waals surface area contributed by atoms with E-state index >= 15 is 0 Å². The number of halogens is 3. The van der Waals surface area contributed by atoms with Gasteiger partial charge in [-0.1, -0.05) is 6.07 Å². The van der Waals surface area contributed by atoms with Gasteiger partial charge in [0, 0.05) is 42.8 Å². The first-order valence-electron chi connectivity index (χ1n) is 8.69. The maximum atomic E-state index is 13.9. The van der Waals surface area contributed by atoms with Crippen molar-refractivity contribution in [3.8, 4) is 0 Å². The molecular formula is C19H19BrF2N2O3S. The van der Waals surface area contributed by atoms with E-state index in [4.69, 9.17) is 0 Å². The summed E-state index contributed by atoms with van der Waals surface area (Å²) in [5.74, 6) is -1.92. The molecule has 1 heterocycles. The van der Waals surface area contributed by atoms with Crippen molar-refractivity contribution >= 4 is 31.9 Å². The zero-order valence-electron chi connectivity index (χ0n) is 15.2. The molecule has 0 N–H and O–H groups in total. The first-order valence-corrected chi connectivity index (χ1v) is 10.9. The summed E-state index contributed by atoms with van der Waals surface area (Å²) in [6.07, 6.45) is 1.63. The lowest BCUT2D eigenvalue weighted by molar-refractivity contribution is 0.0782. The van der Waals surface area contributed by atoms with Crippen molar-refractivity contribution in [3.05, 3.63) is 63.6 Å². The van der Waals surface area contributed by atoms with Crippen molar-refractivity contribution < 1.29 is 22.0 Å². The number of sulfonamides is 1. The SMILES string of the molecule is CN(Cc1ccc(F)cc1F)C(=O)c1cc(S(=O)(=O)N2CCCC2)ccc1Br. The number of hydrogen-bond donors (Lipinski definition) is 0. The number of carbonyl (C=O) groups is 1. The van der Waals surface area contributed by atoms with Gasteiger partial charge in [-0.15, -0.1) is 0 Å². The van der Waals surface area contributed by atoms with Gasteiger partial charge in [0.05, 0.1) is 10.5 Å². The predicted octanol–water partition coefficient (Wildman–Crippen LogP) is 3.78. The third-order valence-corrected chi connectivity index (χ3v) is 7.23. The van der Waals surface area contributed by atoms with Crippen LogP contribution in [0.1, 0.15) is 28.8 Å². The highest BCUT2D eigenvalue weighted by Crippen LogP contribution is 2.26. The Bertz CT molecular complexity index is 1010. The Balaban J connectivity index is 1.86. The molecule has 1 saturated heterocycles. The molecule has 9 heteroatoms. The van der Waals surface area contributed by atoms with Crippen molar-refractivity contribution in [1.82, 2.24) is 9.21 Å². The molecule has 2 aromatic rings. The molecule has 0 saturated carbocycles. The highest BCUT2D eigenvalue weighted by atomic mass is 79.9. The zero-order valence-corrected chi connectivity index (χ0v) is 17.6. The lowest BCUT2D eigenvalue weighted by Gasteiger charge is -2.20. The van der Waals surface area contributed by atoms with Gasteiger partial charge in [-0.3, -0.25) is 4.79 Å². The van der Waals surface area contributed by atoms with Gasteiger partial charge in [-0.25, -0.2) is 17.2 Å². The smallest absolute Gasteiger partial charge is 0.255 e. The van der Waals surface area contributed by atoms with Crippen LogP contribution in [0.2, 0.25) is 0 Å². The van der Waals surface area contributed by atoms with E-state index in [0.717, 1.165) is 25.0 Å². The molecule has 1 aliphatic rings. The van der Waals surface area contributed by atoms with Crippen LogP contribution in [0, 0.1) is 11.6 Å². The van der Waals surface area contributed by atoms with Crippen LogP contribution in [0.3, 0.4) is 0 Å². The quantitative estimate of drug-likeness (QED) is 0.665. The van der Waals surface area contributed by atoms with Crippen LogP contribution in [-0.2, 0) is 16.6 Å². The normalized spacial score (nSPS) is 15.0. The van der Waals surface area contributed by atoms with E-state index in [1.807, 2.05) is 0 Å². The minimum absolute atomic E-state index is 0.0438. The fourth-order valence-electron chi connectivity index (χ4n) is 3.09. The van der Waals surface area contributed by atoms with Gasteiger partial charge in [0.15, 0.2) is 0 Å². The number of hydrogen-bond acceptors (Lipinski definition) is 3. The maximum absolute atomic E-state index is 13.9. The first kappa shape index (κ1) is 20.9. The summed E-state index contributed by atoms with van der Waals surface area (Å²) in [5.41, 5.74) is 0.319. The zero-order chi connectivity index (χ0) is 20.5. The fourth-order valence-corrected chi connectivity index (χ4v) is 5.05. The summed E-state index contributed by atoms with van der Waals surface area (Å²) >= 11 is 3.28. The summed E-state index contributed by atoms with van der Waals surface area (Å²) in [6.45, 7) is 0.845. The summed E-state index contributed by atoms with van der Waals surface area (Å²) < 4.78 is 54.3. The molecule has 0 radical (unpaired) electrons. The highest BCUT2D eigenvalue weighted by molar-refractivity contribution is 9.10. The van der Waals surface area contributed by atoms with Crippen molar-refractivity contribution in [2.75, 3.05) is 20.1 Å². The van der Waals surface area contributed by atoms with Gasteiger partial charge in [0.2, 0.25) is 10.0 Å². The highest BCUT2D eigenvalue weighted by Gasteiger charge is 2.28. The molecule has 0 atom stereocenters. The predicted molar refractivity (Wildman–Crippen MR) is 104 cm³/mol.